The van der Waals surface area contributed by atoms with E-state index in [1.807, 2.05) is 19.9 Å². The zero-order chi connectivity index (χ0) is 19.2. The van der Waals surface area contributed by atoms with Crippen molar-refractivity contribution in [3.05, 3.63) is 52.7 Å². The lowest BCUT2D eigenvalue weighted by Gasteiger charge is -2.13. The SMILES string of the molecule is CCCOCCn1c(=O)c(NCC)nc2ncc(-c3ccc(F)cc3)cc21. The van der Waals surface area contributed by atoms with Crippen molar-refractivity contribution >= 4 is 17.0 Å². The lowest BCUT2D eigenvalue weighted by atomic mass is 10.1. The quantitative estimate of drug-likeness (QED) is 0.615. The first-order valence-corrected chi connectivity index (χ1v) is 9.12. The van der Waals surface area contributed by atoms with Crippen LogP contribution in [0, 0.1) is 5.82 Å². The number of aromatic nitrogens is 3. The first kappa shape index (κ1) is 19.0. The summed E-state index contributed by atoms with van der Waals surface area (Å²) in [5.74, 6) is -0.0167. The molecule has 0 fully saturated rings. The van der Waals surface area contributed by atoms with Crippen LogP contribution in [-0.2, 0) is 11.3 Å². The molecule has 7 heteroatoms. The van der Waals surface area contributed by atoms with E-state index >= 15 is 0 Å². The maximum Gasteiger partial charge on any atom is 0.293 e. The Hall–Kier alpha value is -2.80. The van der Waals surface area contributed by atoms with E-state index in [9.17, 15) is 9.18 Å². The van der Waals surface area contributed by atoms with Gasteiger partial charge in [-0.05, 0) is 37.1 Å². The summed E-state index contributed by atoms with van der Waals surface area (Å²) in [7, 11) is 0. The highest BCUT2D eigenvalue weighted by Gasteiger charge is 2.13. The van der Waals surface area contributed by atoms with Crippen molar-refractivity contribution in [2.24, 2.45) is 0 Å². The number of anilines is 1. The number of pyridine rings is 1. The number of ether oxygens (including phenoxy) is 1. The summed E-state index contributed by atoms with van der Waals surface area (Å²) in [6.45, 7) is 6.02. The molecule has 0 unspecified atom stereocenters. The molecule has 6 nitrogen and oxygen atoms in total. The normalized spacial score (nSPS) is 11.1. The molecule has 0 bridgehead atoms. The monoisotopic (exact) mass is 370 g/mol. The molecule has 3 rings (SSSR count). The molecule has 0 aliphatic carbocycles. The largest absolute Gasteiger partial charge is 0.380 e. The summed E-state index contributed by atoms with van der Waals surface area (Å²) in [6.07, 6.45) is 2.60. The Morgan fingerprint density at radius 1 is 1.15 bits per heavy atom. The van der Waals surface area contributed by atoms with Gasteiger partial charge in [0, 0.05) is 31.5 Å². The van der Waals surface area contributed by atoms with Crippen LogP contribution in [0.1, 0.15) is 20.3 Å². The molecule has 0 atom stereocenters. The number of halogens is 1. The van der Waals surface area contributed by atoms with E-state index in [4.69, 9.17) is 4.74 Å². The van der Waals surface area contributed by atoms with Gasteiger partial charge in [0.2, 0.25) is 0 Å². The molecule has 27 heavy (non-hydrogen) atoms. The molecule has 142 valence electrons. The summed E-state index contributed by atoms with van der Waals surface area (Å²) in [6, 6.07) is 8.03. The molecule has 1 N–H and O–H groups in total. The molecule has 2 heterocycles. The average molecular weight is 370 g/mol. The molecule has 1 aromatic carbocycles. The summed E-state index contributed by atoms with van der Waals surface area (Å²) >= 11 is 0. The number of nitrogens with one attached hydrogen (secondary N) is 1. The smallest absolute Gasteiger partial charge is 0.293 e. The fourth-order valence-electron chi connectivity index (χ4n) is 2.83. The van der Waals surface area contributed by atoms with Gasteiger partial charge in [-0.3, -0.25) is 9.36 Å². The predicted molar refractivity (Wildman–Crippen MR) is 104 cm³/mol. The second-order valence-corrected chi connectivity index (χ2v) is 6.13. The average Bonchev–Trinajstić information content (AvgIpc) is 2.68. The number of rotatable bonds is 8. The second-order valence-electron chi connectivity index (χ2n) is 6.13. The molecule has 0 saturated carbocycles. The minimum Gasteiger partial charge on any atom is -0.380 e. The van der Waals surface area contributed by atoms with E-state index in [0.29, 0.717) is 37.5 Å². The Morgan fingerprint density at radius 2 is 1.93 bits per heavy atom. The Balaban J connectivity index is 2.07. The lowest BCUT2D eigenvalue weighted by molar-refractivity contribution is 0.127. The molecular weight excluding hydrogens is 347 g/mol. The number of hydrogen-bond acceptors (Lipinski definition) is 5. The van der Waals surface area contributed by atoms with Crippen LogP contribution in [0.3, 0.4) is 0 Å². The standard InChI is InChI=1S/C20H23FN4O2/c1-3-10-27-11-9-25-17-12-15(14-5-7-16(21)8-6-14)13-23-18(17)24-19(20(25)26)22-4-2/h5-8,12-13H,3-4,9-11H2,1-2H3,(H,22,23,24). The molecule has 0 amide bonds. The molecule has 0 radical (unpaired) electrons. The first-order chi connectivity index (χ1) is 13.1. The Bertz CT molecular complexity index is 970. The zero-order valence-electron chi connectivity index (χ0n) is 15.5. The van der Waals surface area contributed by atoms with Gasteiger partial charge in [0.25, 0.3) is 5.56 Å². The van der Waals surface area contributed by atoms with Crippen LogP contribution < -0.4 is 10.9 Å². The van der Waals surface area contributed by atoms with E-state index in [0.717, 1.165) is 17.5 Å². The van der Waals surface area contributed by atoms with Crippen LogP contribution in [0.25, 0.3) is 22.3 Å². The number of hydrogen-bond donors (Lipinski definition) is 1. The van der Waals surface area contributed by atoms with Crippen molar-refractivity contribution in [1.29, 1.82) is 0 Å². The summed E-state index contributed by atoms with van der Waals surface area (Å²) < 4.78 is 20.4. The van der Waals surface area contributed by atoms with Crippen molar-refractivity contribution in [2.45, 2.75) is 26.8 Å². The van der Waals surface area contributed by atoms with E-state index in [1.54, 1.807) is 22.9 Å². The maximum absolute atomic E-state index is 13.2. The summed E-state index contributed by atoms with van der Waals surface area (Å²) in [4.78, 5) is 21.6. The summed E-state index contributed by atoms with van der Waals surface area (Å²) in [5.41, 5.74) is 2.52. The third-order valence-electron chi connectivity index (χ3n) is 4.13. The van der Waals surface area contributed by atoms with E-state index in [2.05, 4.69) is 15.3 Å². The lowest BCUT2D eigenvalue weighted by Crippen LogP contribution is -2.27. The van der Waals surface area contributed by atoms with Gasteiger partial charge in [0.05, 0.1) is 12.1 Å². The Labute approximate surface area is 157 Å². The van der Waals surface area contributed by atoms with Crippen molar-refractivity contribution in [3.63, 3.8) is 0 Å². The van der Waals surface area contributed by atoms with Gasteiger partial charge in [-0.15, -0.1) is 0 Å². The highest BCUT2D eigenvalue weighted by Crippen LogP contribution is 2.22. The topological polar surface area (TPSA) is 69.0 Å². The molecule has 3 aromatic rings. The molecule has 2 aromatic heterocycles. The van der Waals surface area contributed by atoms with Gasteiger partial charge in [-0.2, -0.15) is 0 Å². The minimum atomic E-state index is -0.297. The third-order valence-corrected chi connectivity index (χ3v) is 4.13. The fraction of sp³-hybridized carbons (Fsp3) is 0.350. The van der Waals surface area contributed by atoms with Gasteiger partial charge in [-0.25, -0.2) is 14.4 Å². The molecule has 0 saturated heterocycles. The summed E-state index contributed by atoms with van der Waals surface area (Å²) in [5, 5.41) is 3.00. The van der Waals surface area contributed by atoms with Gasteiger partial charge >= 0.3 is 0 Å². The van der Waals surface area contributed by atoms with Crippen molar-refractivity contribution in [1.82, 2.24) is 14.5 Å². The van der Waals surface area contributed by atoms with Gasteiger partial charge in [0.1, 0.15) is 5.82 Å². The Morgan fingerprint density at radius 3 is 2.63 bits per heavy atom. The minimum absolute atomic E-state index is 0.206. The van der Waals surface area contributed by atoms with Gasteiger partial charge in [0.15, 0.2) is 11.5 Å². The molecular formula is C20H23FN4O2. The van der Waals surface area contributed by atoms with Gasteiger partial charge < -0.3 is 10.1 Å². The highest BCUT2D eigenvalue weighted by molar-refractivity contribution is 5.79. The maximum atomic E-state index is 13.2. The second kappa shape index (κ2) is 8.73. The number of benzene rings is 1. The van der Waals surface area contributed by atoms with Crippen molar-refractivity contribution in [3.8, 4) is 11.1 Å². The molecule has 0 spiro atoms. The van der Waals surface area contributed by atoms with Crippen molar-refractivity contribution in [2.75, 3.05) is 25.1 Å². The molecule has 0 aliphatic heterocycles. The Kier molecular flexibility index (Phi) is 6.13. The van der Waals surface area contributed by atoms with E-state index in [1.165, 1.54) is 12.1 Å². The zero-order valence-corrected chi connectivity index (χ0v) is 15.5. The first-order valence-electron chi connectivity index (χ1n) is 9.12. The van der Waals surface area contributed by atoms with Crippen LogP contribution >= 0.6 is 0 Å². The van der Waals surface area contributed by atoms with Crippen LogP contribution in [-0.4, -0.2) is 34.3 Å². The third kappa shape index (κ3) is 4.31. The van der Waals surface area contributed by atoms with Crippen LogP contribution in [0.15, 0.2) is 41.3 Å². The van der Waals surface area contributed by atoms with Gasteiger partial charge in [-0.1, -0.05) is 19.1 Å². The van der Waals surface area contributed by atoms with E-state index < -0.39 is 0 Å². The predicted octanol–water partition coefficient (Wildman–Crippen LogP) is 3.46. The number of fused-ring (bicyclic) bond motifs is 1. The molecule has 0 aliphatic rings. The van der Waals surface area contributed by atoms with Crippen LogP contribution in [0.2, 0.25) is 0 Å². The fourth-order valence-corrected chi connectivity index (χ4v) is 2.83. The highest BCUT2D eigenvalue weighted by atomic mass is 19.1. The van der Waals surface area contributed by atoms with Crippen LogP contribution in [0.4, 0.5) is 10.2 Å². The van der Waals surface area contributed by atoms with Crippen LogP contribution in [0.5, 0.6) is 0 Å². The van der Waals surface area contributed by atoms with E-state index in [-0.39, 0.29) is 17.2 Å². The van der Waals surface area contributed by atoms with Crippen molar-refractivity contribution < 1.29 is 9.13 Å². The number of nitrogens with zero attached hydrogens (tertiary/aromatic N) is 3.